The fourth-order valence-corrected chi connectivity index (χ4v) is 0.921. The van der Waals surface area contributed by atoms with Gasteiger partial charge in [-0.1, -0.05) is 0 Å². The Morgan fingerprint density at radius 2 is 1.57 bits per heavy atom. The lowest BCUT2D eigenvalue weighted by atomic mass is 10.1. The summed E-state index contributed by atoms with van der Waals surface area (Å²) in [6, 6.07) is 0. The molecule has 0 spiro atoms. The van der Waals surface area contributed by atoms with Crippen molar-refractivity contribution in [3.63, 3.8) is 0 Å². The van der Waals surface area contributed by atoms with Gasteiger partial charge in [0.25, 0.3) is 0 Å². The van der Waals surface area contributed by atoms with Crippen molar-refractivity contribution in [2.75, 3.05) is 19.8 Å². The van der Waals surface area contributed by atoms with Gasteiger partial charge in [-0.15, -0.1) is 0 Å². The number of carbonyl (C=O) groups is 2. The highest BCUT2D eigenvalue weighted by atomic mass is 16.5. The number of ether oxygens (including phenoxy) is 2. The first-order valence-electron chi connectivity index (χ1n) is 4.53. The molecule has 0 fully saturated rings. The number of rotatable bonds is 6. The van der Waals surface area contributed by atoms with Crippen LogP contribution >= 0.6 is 0 Å². The van der Waals surface area contributed by atoms with E-state index in [0.717, 1.165) is 0 Å². The lowest BCUT2D eigenvalue weighted by molar-refractivity contribution is -0.146. The van der Waals surface area contributed by atoms with Gasteiger partial charge in [0, 0.05) is 19.8 Å². The van der Waals surface area contributed by atoms with Crippen molar-refractivity contribution >= 4 is 11.9 Å². The van der Waals surface area contributed by atoms with Crippen molar-refractivity contribution in [3.05, 3.63) is 0 Å². The van der Waals surface area contributed by atoms with Crippen molar-refractivity contribution in [3.8, 4) is 0 Å². The second-order valence-corrected chi connectivity index (χ2v) is 3.05. The molecule has 0 amide bonds. The zero-order valence-corrected chi connectivity index (χ0v) is 8.62. The van der Waals surface area contributed by atoms with Gasteiger partial charge in [-0.25, -0.2) is 0 Å². The van der Waals surface area contributed by atoms with Gasteiger partial charge in [-0.3, -0.25) is 9.59 Å². The molecule has 0 unspecified atom stereocenters. The monoisotopic (exact) mass is 203 g/mol. The topological polar surface area (TPSA) is 78.6 Å². The molecule has 0 saturated carbocycles. The normalized spacial score (nSPS) is 10.0. The summed E-state index contributed by atoms with van der Waals surface area (Å²) in [4.78, 5) is 21.1. The summed E-state index contributed by atoms with van der Waals surface area (Å²) >= 11 is 0. The Morgan fingerprint density at radius 1 is 1.14 bits per heavy atom. The zero-order chi connectivity index (χ0) is 11.0. The molecule has 5 heteroatoms. The summed E-state index contributed by atoms with van der Waals surface area (Å²) < 4.78 is 9.61. The Labute approximate surface area is 83.5 Å². The number of hydrogen-bond donors (Lipinski definition) is 1. The zero-order valence-electron chi connectivity index (χ0n) is 8.62. The molecule has 0 aromatic carbocycles. The van der Waals surface area contributed by atoms with Crippen molar-refractivity contribution < 1.29 is 19.1 Å². The van der Waals surface area contributed by atoms with Crippen LogP contribution in [0.25, 0.3) is 0 Å². The van der Waals surface area contributed by atoms with E-state index in [-0.39, 0.29) is 31.1 Å². The van der Waals surface area contributed by atoms with Crippen molar-refractivity contribution in [2.24, 2.45) is 11.7 Å². The molecule has 0 atom stereocenters. The maximum absolute atomic E-state index is 10.5. The Hall–Kier alpha value is -1.10. The summed E-state index contributed by atoms with van der Waals surface area (Å²) in [7, 11) is 0. The third-order valence-electron chi connectivity index (χ3n) is 1.62. The van der Waals surface area contributed by atoms with Crippen LogP contribution in [0.15, 0.2) is 0 Å². The van der Waals surface area contributed by atoms with Gasteiger partial charge >= 0.3 is 11.9 Å². The van der Waals surface area contributed by atoms with Crippen molar-refractivity contribution in [2.45, 2.75) is 20.3 Å². The summed E-state index contributed by atoms with van der Waals surface area (Å²) in [6.07, 6.45) is 0.667. The van der Waals surface area contributed by atoms with E-state index in [1.165, 1.54) is 13.8 Å². The van der Waals surface area contributed by atoms with E-state index < -0.39 is 0 Å². The van der Waals surface area contributed by atoms with Crippen LogP contribution in [0.1, 0.15) is 20.3 Å². The minimum absolute atomic E-state index is 0.00667. The molecular formula is C9H17NO4. The van der Waals surface area contributed by atoms with E-state index in [4.69, 9.17) is 15.2 Å². The van der Waals surface area contributed by atoms with Crippen LogP contribution in [0.2, 0.25) is 0 Å². The van der Waals surface area contributed by atoms with E-state index in [0.29, 0.717) is 13.0 Å². The van der Waals surface area contributed by atoms with Crippen molar-refractivity contribution in [1.82, 2.24) is 0 Å². The molecule has 5 nitrogen and oxygen atoms in total. The molecule has 0 aromatic rings. The standard InChI is InChI=1S/C9H17NO4/c1-7(11)13-5-9(3-4-10)6-14-8(2)12/h9H,3-6,10H2,1-2H3. The van der Waals surface area contributed by atoms with Crippen molar-refractivity contribution in [1.29, 1.82) is 0 Å². The fraction of sp³-hybridized carbons (Fsp3) is 0.778. The molecule has 14 heavy (non-hydrogen) atoms. The largest absolute Gasteiger partial charge is 0.465 e. The lowest BCUT2D eigenvalue weighted by Gasteiger charge is -2.14. The molecule has 0 saturated heterocycles. The minimum atomic E-state index is -0.338. The van der Waals surface area contributed by atoms with Gasteiger partial charge in [0.2, 0.25) is 0 Å². The highest BCUT2D eigenvalue weighted by Gasteiger charge is 2.11. The van der Waals surface area contributed by atoms with E-state index in [1.54, 1.807) is 0 Å². The Balaban J connectivity index is 3.76. The van der Waals surface area contributed by atoms with Crippen LogP contribution in [0.5, 0.6) is 0 Å². The first-order valence-corrected chi connectivity index (χ1v) is 4.53. The van der Waals surface area contributed by atoms with Gasteiger partial charge < -0.3 is 15.2 Å². The van der Waals surface area contributed by atoms with E-state index in [1.807, 2.05) is 0 Å². The first kappa shape index (κ1) is 12.9. The molecule has 0 aliphatic heterocycles. The predicted octanol–water partition coefficient (Wildman–Crippen LogP) is 0.0776. The molecule has 2 N–H and O–H groups in total. The maximum Gasteiger partial charge on any atom is 0.302 e. The number of hydrogen-bond acceptors (Lipinski definition) is 5. The molecular weight excluding hydrogens is 186 g/mol. The highest BCUT2D eigenvalue weighted by Crippen LogP contribution is 2.04. The summed E-state index contributed by atoms with van der Waals surface area (Å²) in [5, 5.41) is 0. The van der Waals surface area contributed by atoms with E-state index in [9.17, 15) is 9.59 Å². The first-order chi connectivity index (χ1) is 6.56. The van der Waals surface area contributed by atoms with Crippen LogP contribution in [0.4, 0.5) is 0 Å². The molecule has 0 aliphatic carbocycles. The molecule has 0 aliphatic rings. The maximum atomic E-state index is 10.5. The lowest BCUT2D eigenvalue weighted by Crippen LogP contribution is -2.22. The average molecular weight is 203 g/mol. The fourth-order valence-electron chi connectivity index (χ4n) is 0.921. The van der Waals surface area contributed by atoms with Gasteiger partial charge in [0.15, 0.2) is 0 Å². The van der Waals surface area contributed by atoms with Crippen LogP contribution in [0, 0.1) is 5.92 Å². The average Bonchev–Trinajstić information content (AvgIpc) is 2.09. The van der Waals surface area contributed by atoms with E-state index >= 15 is 0 Å². The predicted molar refractivity (Wildman–Crippen MR) is 50.4 cm³/mol. The summed E-state index contributed by atoms with van der Waals surface area (Å²) in [5.74, 6) is -0.683. The second kappa shape index (κ2) is 7.32. The number of esters is 2. The van der Waals surface area contributed by atoms with Gasteiger partial charge in [-0.2, -0.15) is 0 Å². The molecule has 0 radical (unpaired) electrons. The van der Waals surface area contributed by atoms with Gasteiger partial charge in [-0.05, 0) is 13.0 Å². The quantitative estimate of drug-likeness (QED) is 0.618. The highest BCUT2D eigenvalue weighted by molar-refractivity contribution is 5.66. The Morgan fingerprint density at radius 3 is 1.86 bits per heavy atom. The van der Waals surface area contributed by atoms with Crippen LogP contribution in [-0.4, -0.2) is 31.7 Å². The molecule has 0 aromatic heterocycles. The summed E-state index contributed by atoms with van der Waals surface area (Å²) in [5.41, 5.74) is 5.36. The van der Waals surface area contributed by atoms with Crippen LogP contribution in [-0.2, 0) is 19.1 Å². The third kappa shape index (κ3) is 7.54. The van der Waals surface area contributed by atoms with Gasteiger partial charge in [0.1, 0.15) is 0 Å². The van der Waals surface area contributed by atoms with E-state index in [2.05, 4.69) is 0 Å². The SMILES string of the molecule is CC(=O)OCC(CCN)COC(C)=O. The van der Waals surface area contributed by atoms with Crippen LogP contribution in [0.3, 0.4) is 0 Å². The third-order valence-corrected chi connectivity index (χ3v) is 1.62. The number of nitrogens with two attached hydrogens (primary N) is 1. The Kier molecular flexibility index (Phi) is 6.74. The molecule has 0 bridgehead atoms. The van der Waals surface area contributed by atoms with Gasteiger partial charge in [0.05, 0.1) is 13.2 Å². The minimum Gasteiger partial charge on any atom is -0.465 e. The number of carbonyl (C=O) groups excluding carboxylic acids is 2. The van der Waals surface area contributed by atoms with Crippen LogP contribution < -0.4 is 5.73 Å². The Bertz CT molecular complexity index is 175. The molecule has 0 rings (SSSR count). The second-order valence-electron chi connectivity index (χ2n) is 3.05. The summed E-state index contributed by atoms with van der Waals surface area (Å²) in [6.45, 7) is 3.66. The molecule has 0 heterocycles. The smallest absolute Gasteiger partial charge is 0.302 e. The molecule has 82 valence electrons.